The second-order valence-corrected chi connectivity index (χ2v) is 7.70. The molecule has 0 atom stereocenters. The Morgan fingerprint density at radius 1 is 1.21 bits per heavy atom. The van der Waals surface area contributed by atoms with Crippen molar-refractivity contribution in [1.82, 2.24) is 4.90 Å². The number of hydrogen-bond donors (Lipinski definition) is 0. The molecule has 0 radical (unpaired) electrons. The van der Waals surface area contributed by atoms with Gasteiger partial charge < -0.3 is 9.64 Å². The molecule has 0 N–H and O–H groups in total. The molecule has 1 fully saturated rings. The quantitative estimate of drug-likeness (QED) is 0.714. The predicted octanol–water partition coefficient (Wildman–Crippen LogP) is 4.43. The number of carbonyl (C=O) groups excluding carboxylic acids is 1. The number of halogens is 2. The molecule has 0 spiro atoms. The highest BCUT2D eigenvalue weighted by molar-refractivity contribution is 6.30. The Kier molecular flexibility index (Phi) is 7.05. The Morgan fingerprint density at radius 3 is 2.50 bits per heavy atom. The normalized spacial score (nSPS) is 15.6. The zero-order valence-electron chi connectivity index (χ0n) is 16.3. The molecule has 6 heteroatoms. The van der Waals surface area contributed by atoms with Crippen molar-refractivity contribution in [3.8, 4) is 0 Å². The van der Waals surface area contributed by atoms with E-state index in [-0.39, 0.29) is 23.6 Å². The molecule has 1 aliphatic heterocycles. The SMILES string of the molecule is COCC(=O)N(c1ccc(C)cc1)C1CCN(Cc2ccc(F)c(Cl)c2)CC1. The molecule has 1 heterocycles. The van der Waals surface area contributed by atoms with E-state index in [1.165, 1.54) is 6.07 Å². The summed E-state index contributed by atoms with van der Waals surface area (Å²) in [7, 11) is 1.54. The van der Waals surface area contributed by atoms with Gasteiger partial charge in [-0.1, -0.05) is 35.4 Å². The second-order valence-electron chi connectivity index (χ2n) is 7.29. The first-order valence-electron chi connectivity index (χ1n) is 9.52. The van der Waals surface area contributed by atoms with Gasteiger partial charge in [-0.15, -0.1) is 0 Å². The van der Waals surface area contributed by atoms with Crippen LogP contribution in [0.5, 0.6) is 0 Å². The molecule has 2 aromatic rings. The van der Waals surface area contributed by atoms with E-state index >= 15 is 0 Å². The Balaban J connectivity index is 1.66. The summed E-state index contributed by atoms with van der Waals surface area (Å²) in [6, 6.07) is 13.0. The third-order valence-electron chi connectivity index (χ3n) is 5.16. The average molecular weight is 405 g/mol. The van der Waals surface area contributed by atoms with Gasteiger partial charge in [-0.25, -0.2) is 4.39 Å². The minimum atomic E-state index is -0.394. The minimum absolute atomic E-state index is 0.0184. The molecule has 1 amide bonds. The summed E-state index contributed by atoms with van der Waals surface area (Å²) in [5.41, 5.74) is 3.07. The molecule has 28 heavy (non-hydrogen) atoms. The van der Waals surface area contributed by atoms with Gasteiger partial charge in [0.05, 0.1) is 5.02 Å². The smallest absolute Gasteiger partial charge is 0.253 e. The van der Waals surface area contributed by atoms with Crippen molar-refractivity contribution in [3.05, 3.63) is 64.4 Å². The number of benzene rings is 2. The molecule has 4 nitrogen and oxygen atoms in total. The monoisotopic (exact) mass is 404 g/mol. The molecule has 2 aromatic carbocycles. The highest BCUT2D eigenvalue weighted by atomic mass is 35.5. The zero-order chi connectivity index (χ0) is 20.1. The van der Waals surface area contributed by atoms with Crippen LogP contribution >= 0.6 is 11.6 Å². The number of ether oxygens (including phenoxy) is 1. The van der Waals surface area contributed by atoms with Gasteiger partial charge in [0.25, 0.3) is 5.91 Å². The van der Waals surface area contributed by atoms with Crippen LogP contribution in [0.4, 0.5) is 10.1 Å². The summed E-state index contributed by atoms with van der Waals surface area (Å²) in [5, 5.41) is 0.156. The molecule has 3 rings (SSSR count). The van der Waals surface area contributed by atoms with Gasteiger partial charge in [0.1, 0.15) is 12.4 Å². The van der Waals surface area contributed by atoms with Crippen LogP contribution in [0.3, 0.4) is 0 Å². The van der Waals surface area contributed by atoms with Crippen LogP contribution in [-0.4, -0.2) is 43.7 Å². The average Bonchev–Trinajstić information content (AvgIpc) is 2.68. The van der Waals surface area contributed by atoms with Gasteiger partial charge >= 0.3 is 0 Å². The van der Waals surface area contributed by atoms with Gasteiger partial charge in [-0.2, -0.15) is 0 Å². The summed E-state index contributed by atoms with van der Waals surface area (Å²) in [6.45, 7) is 4.56. The van der Waals surface area contributed by atoms with Gasteiger partial charge in [0, 0.05) is 38.5 Å². The molecule has 0 bridgehead atoms. The number of nitrogens with zero attached hydrogens (tertiary/aromatic N) is 2. The number of rotatable bonds is 6. The maximum atomic E-state index is 13.3. The fourth-order valence-corrected chi connectivity index (χ4v) is 3.89. The van der Waals surface area contributed by atoms with Crippen molar-refractivity contribution in [1.29, 1.82) is 0 Å². The summed E-state index contributed by atoms with van der Waals surface area (Å²) in [4.78, 5) is 16.9. The van der Waals surface area contributed by atoms with E-state index in [2.05, 4.69) is 4.90 Å². The van der Waals surface area contributed by atoms with Crippen molar-refractivity contribution in [2.24, 2.45) is 0 Å². The van der Waals surface area contributed by atoms with Crippen LogP contribution in [0.2, 0.25) is 5.02 Å². The molecular weight excluding hydrogens is 379 g/mol. The summed E-state index contributed by atoms with van der Waals surface area (Å²) >= 11 is 5.89. The Hall–Kier alpha value is -1.95. The van der Waals surface area contributed by atoms with Crippen LogP contribution in [0, 0.1) is 12.7 Å². The number of hydrogen-bond acceptors (Lipinski definition) is 3. The largest absolute Gasteiger partial charge is 0.375 e. The fourth-order valence-electron chi connectivity index (χ4n) is 3.69. The molecule has 0 aliphatic carbocycles. The van der Waals surface area contributed by atoms with Gasteiger partial charge in [-0.05, 0) is 49.6 Å². The molecule has 1 aliphatic rings. The summed E-state index contributed by atoms with van der Waals surface area (Å²) in [6.07, 6.45) is 1.75. The van der Waals surface area contributed by atoms with Crippen molar-refractivity contribution >= 4 is 23.2 Å². The lowest BCUT2D eigenvalue weighted by Gasteiger charge is -2.38. The maximum Gasteiger partial charge on any atom is 0.253 e. The minimum Gasteiger partial charge on any atom is -0.375 e. The Morgan fingerprint density at radius 2 is 1.89 bits per heavy atom. The first-order valence-corrected chi connectivity index (χ1v) is 9.89. The molecule has 0 unspecified atom stereocenters. The number of amides is 1. The van der Waals surface area contributed by atoms with Gasteiger partial charge in [-0.3, -0.25) is 9.69 Å². The molecule has 150 valence electrons. The summed E-state index contributed by atoms with van der Waals surface area (Å²) in [5.74, 6) is -0.412. The van der Waals surface area contributed by atoms with E-state index < -0.39 is 5.82 Å². The van der Waals surface area contributed by atoms with Crippen LogP contribution in [0.15, 0.2) is 42.5 Å². The van der Waals surface area contributed by atoms with Crippen molar-refractivity contribution in [3.63, 3.8) is 0 Å². The lowest BCUT2D eigenvalue weighted by atomic mass is 10.0. The van der Waals surface area contributed by atoms with E-state index in [4.69, 9.17) is 16.3 Å². The van der Waals surface area contributed by atoms with Crippen molar-refractivity contribution < 1.29 is 13.9 Å². The third-order valence-corrected chi connectivity index (χ3v) is 5.45. The van der Waals surface area contributed by atoms with E-state index in [0.29, 0.717) is 0 Å². The number of carbonyl (C=O) groups is 1. The fraction of sp³-hybridized carbons (Fsp3) is 0.409. The lowest BCUT2D eigenvalue weighted by molar-refractivity contribution is -0.122. The number of piperidine rings is 1. The first-order chi connectivity index (χ1) is 13.5. The number of aryl methyl sites for hydroxylation is 1. The molecule has 0 saturated carbocycles. The van der Waals surface area contributed by atoms with Crippen molar-refractivity contribution in [2.45, 2.75) is 32.4 Å². The highest BCUT2D eigenvalue weighted by Gasteiger charge is 2.29. The van der Waals surface area contributed by atoms with E-state index in [1.807, 2.05) is 36.1 Å². The van der Waals surface area contributed by atoms with Gasteiger partial charge in [0.2, 0.25) is 0 Å². The third kappa shape index (κ3) is 5.10. The highest BCUT2D eigenvalue weighted by Crippen LogP contribution is 2.26. The van der Waals surface area contributed by atoms with Crippen LogP contribution in [0.1, 0.15) is 24.0 Å². The van der Waals surface area contributed by atoms with Gasteiger partial charge in [0.15, 0.2) is 0 Å². The second kappa shape index (κ2) is 9.50. The number of anilines is 1. The van der Waals surface area contributed by atoms with Crippen LogP contribution < -0.4 is 4.90 Å². The molecular formula is C22H26ClFN2O2. The lowest BCUT2D eigenvalue weighted by Crippen LogP contribution is -2.48. The number of methoxy groups -OCH3 is 1. The van der Waals surface area contributed by atoms with E-state index in [1.54, 1.807) is 19.2 Å². The zero-order valence-corrected chi connectivity index (χ0v) is 17.1. The van der Waals surface area contributed by atoms with Crippen molar-refractivity contribution in [2.75, 3.05) is 31.7 Å². The van der Waals surface area contributed by atoms with E-state index in [9.17, 15) is 9.18 Å². The molecule has 1 saturated heterocycles. The predicted molar refractivity (Wildman–Crippen MR) is 110 cm³/mol. The topological polar surface area (TPSA) is 32.8 Å². The van der Waals surface area contributed by atoms with E-state index in [0.717, 1.165) is 49.3 Å². The van der Waals surface area contributed by atoms with Crippen LogP contribution in [0.25, 0.3) is 0 Å². The standard InChI is InChI=1S/C22H26ClFN2O2/c1-16-3-6-18(7-4-16)26(22(27)15-28-2)19-9-11-25(12-10-19)14-17-5-8-21(24)20(23)13-17/h3-8,13,19H,9-12,14-15H2,1-2H3. The molecule has 0 aromatic heterocycles. The first kappa shape index (κ1) is 20.8. The number of likely N-dealkylation sites (tertiary alicyclic amines) is 1. The maximum absolute atomic E-state index is 13.3. The van der Waals surface area contributed by atoms with Crippen LogP contribution in [-0.2, 0) is 16.1 Å². The Bertz CT molecular complexity index is 805. The Labute approximate surface area is 170 Å². The summed E-state index contributed by atoms with van der Waals surface area (Å²) < 4.78 is 18.4.